The average molecular weight is 276 g/mol. The predicted molar refractivity (Wildman–Crippen MR) is 72.3 cm³/mol. The third-order valence-electron chi connectivity index (χ3n) is 2.07. The van der Waals surface area contributed by atoms with Gasteiger partial charge in [0.25, 0.3) is 0 Å². The molecule has 2 nitrogen and oxygen atoms in total. The maximum absolute atomic E-state index is 3.27. The van der Waals surface area contributed by atoms with E-state index in [1.54, 1.807) is 0 Å². The first-order chi connectivity index (χ1) is 7.84. The van der Waals surface area contributed by atoms with E-state index in [4.69, 9.17) is 0 Å². The maximum atomic E-state index is 3.27. The third kappa shape index (κ3) is 3.23. The quantitative estimate of drug-likeness (QED) is 0.837. The molecule has 0 aliphatic heterocycles. The van der Waals surface area contributed by atoms with Gasteiger partial charge in [-0.2, -0.15) is 0 Å². The van der Waals surface area contributed by atoms with Crippen LogP contribution >= 0.6 is 0 Å². The molecule has 0 saturated carbocycles. The van der Waals surface area contributed by atoms with Crippen molar-refractivity contribution in [3.8, 4) is 0 Å². The normalized spacial score (nSPS) is 9.50. The van der Waals surface area contributed by atoms with Crippen LogP contribution in [0.1, 0.15) is 0 Å². The zero-order valence-corrected chi connectivity index (χ0v) is 10.6. The monoisotopic (exact) mass is 277 g/mol. The van der Waals surface area contributed by atoms with Crippen LogP contribution in [0, 0.1) is 0 Å². The summed E-state index contributed by atoms with van der Waals surface area (Å²) in [5.74, 6) is 0. The molecule has 0 aromatic heterocycles. The van der Waals surface area contributed by atoms with E-state index in [0.717, 1.165) is 16.0 Å². The van der Waals surface area contributed by atoms with E-state index in [2.05, 4.69) is 26.2 Å². The van der Waals surface area contributed by atoms with Crippen LogP contribution < -0.4 is 10.6 Å². The van der Waals surface area contributed by atoms with Gasteiger partial charge in [-0.15, -0.1) is 0 Å². The molecule has 16 heavy (non-hydrogen) atoms. The number of benzene rings is 2. The third-order valence-corrected chi connectivity index (χ3v) is 2.54. The summed E-state index contributed by atoms with van der Waals surface area (Å²) in [6.07, 6.45) is 0. The molecular formula is C13H13N2Se. The van der Waals surface area contributed by atoms with Gasteiger partial charge in [0.15, 0.2) is 0 Å². The molecule has 0 unspecified atom stereocenters. The Morgan fingerprint density at radius 3 is 1.44 bits per heavy atom. The molecule has 2 N–H and O–H groups in total. The standard InChI is InChI=1S/C13H13N2Se/c16-13(14-11-7-3-1-4-8-11)15-12-9-5-2-6-10-12/h1-10,14-16H. The zero-order valence-electron chi connectivity index (χ0n) is 8.72. The van der Waals surface area contributed by atoms with E-state index in [1.165, 1.54) is 0 Å². The topological polar surface area (TPSA) is 24.1 Å². The van der Waals surface area contributed by atoms with Gasteiger partial charge in [-0.25, -0.2) is 0 Å². The van der Waals surface area contributed by atoms with Gasteiger partial charge in [-0.1, -0.05) is 0 Å². The number of rotatable bonds is 4. The summed E-state index contributed by atoms with van der Waals surface area (Å²) in [6.45, 7) is 0. The fourth-order valence-corrected chi connectivity index (χ4v) is 1.89. The molecule has 3 heteroatoms. The Morgan fingerprint density at radius 2 is 1.06 bits per heavy atom. The molecule has 1 radical (unpaired) electrons. The van der Waals surface area contributed by atoms with Gasteiger partial charge in [0, 0.05) is 0 Å². The molecular weight excluding hydrogens is 263 g/mol. The molecule has 0 aliphatic carbocycles. The van der Waals surface area contributed by atoms with Crippen molar-refractivity contribution < 1.29 is 0 Å². The van der Waals surface area contributed by atoms with E-state index in [-0.39, 0.29) is 0 Å². The van der Waals surface area contributed by atoms with E-state index in [9.17, 15) is 0 Å². The average Bonchev–Trinajstić information content (AvgIpc) is 2.31. The molecule has 81 valence electrons. The number of anilines is 2. The van der Waals surface area contributed by atoms with Crippen LogP contribution in [0.25, 0.3) is 0 Å². The van der Waals surface area contributed by atoms with Gasteiger partial charge in [0.1, 0.15) is 0 Å². The fraction of sp³-hybridized carbons (Fsp3) is 0. The first-order valence-electron chi connectivity index (χ1n) is 5.04. The molecule has 0 amide bonds. The van der Waals surface area contributed by atoms with Crippen molar-refractivity contribution in [1.29, 1.82) is 0 Å². The van der Waals surface area contributed by atoms with Crippen LogP contribution in [0.4, 0.5) is 11.4 Å². The molecule has 2 aromatic carbocycles. The number of nitrogens with one attached hydrogen (secondary N) is 2. The molecule has 2 rings (SSSR count). The molecule has 0 fully saturated rings. The summed E-state index contributed by atoms with van der Waals surface area (Å²) in [5.41, 5.74) is 2.14. The van der Waals surface area contributed by atoms with Crippen LogP contribution in [0.3, 0.4) is 0 Å². The van der Waals surface area contributed by atoms with Crippen molar-refractivity contribution in [2.75, 3.05) is 10.6 Å². The molecule has 0 heterocycles. The van der Waals surface area contributed by atoms with Gasteiger partial charge in [-0.3, -0.25) is 0 Å². The summed E-state index contributed by atoms with van der Waals surface area (Å²) in [5, 5.41) is 6.54. The molecule has 2 aromatic rings. The predicted octanol–water partition coefficient (Wildman–Crippen LogP) is 2.20. The van der Waals surface area contributed by atoms with Gasteiger partial charge < -0.3 is 0 Å². The van der Waals surface area contributed by atoms with Crippen LogP contribution in [-0.2, 0) is 0 Å². The number of hydrogen-bond donors (Lipinski definition) is 2. The minimum absolute atomic E-state index is 0.949. The van der Waals surface area contributed by atoms with E-state index in [1.807, 2.05) is 60.7 Å². The fourth-order valence-electron chi connectivity index (χ4n) is 1.35. The van der Waals surface area contributed by atoms with E-state index < -0.39 is 0 Å². The Balaban J connectivity index is 1.95. The van der Waals surface area contributed by atoms with Crippen LogP contribution in [-0.4, -0.2) is 20.2 Å². The Kier molecular flexibility index (Phi) is 3.75. The van der Waals surface area contributed by atoms with Crippen LogP contribution in [0.5, 0.6) is 0 Å². The second-order valence-electron chi connectivity index (χ2n) is 3.33. The Labute approximate surface area is 103 Å². The molecule has 0 aliphatic rings. The number of para-hydroxylation sites is 2. The van der Waals surface area contributed by atoms with Crippen LogP contribution in [0.2, 0.25) is 0 Å². The van der Waals surface area contributed by atoms with Crippen molar-refractivity contribution in [2.24, 2.45) is 0 Å². The van der Waals surface area contributed by atoms with E-state index >= 15 is 0 Å². The first-order valence-corrected chi connectivity index (χ1v) is 5.98. The van der Waals surface area contributed by atoms with Crippen molar-refractivity contribution >= 4 is 31.6 Å². The van der Waals surface area contributed by atoms with Gasteiger partial charge in [0.05, 0.1) is 0 Å². The summed E-state index contributed by atoms with van der Waals surface area (Å²) < 4.78 is 0.949. The summed E-state index contributed by atoms with van der Waals surface area (Å²) in [6, 6.07) is 20.1. The first kappa shape index (κ1) is 10.9. The van der Waals surface area contributed by atoms with Crippen LogP contribution in [0.15, 0.2) is 60.7 Å². The van der Waals surface area contributed by atoms with Crippen molar-refractivity contribution in [2.45, 2.75) is 0 Å². The van der Waals surface area contributed by atoms with Gasteiger partial charge >= 0.3 is 103 Å². The summed E-state index contributed by atoms with van der Waals surface area (Å²) in [7, 11) is 0. The Morgan fingerprint density at radius 1 is 0.688 bits per heavy atom. The van der Waals surface area contributed by atoms with Crippen molar-refractivity contribution in [1.82, 2.24) is 0 Å². The second kappa shape index (κ2) is 5.50. The SMILES string of the molecule is [SeH]=C(Nc1ccccc1)Nc1ccccc1. The van der Waals surface area contributed by atoms with Gasteiger partial charge in [0.2, 0.25) is 0 Å². The second-order valence-corrected chi connectivity index (χ2v) is 4.27. The number of hydrogen-bond acceptors (Lipinski definition) is 2. The van der Waals surface area contributed by atoms with Crippen molar-refractivity contribution in [3.63, 3.8) is 0 Å². The van der Waals surface area contributed by atoms with Gasteiger partial charge in [-0.05, 0) is 0 Å². The molecule has 0 bridgehead atoms. The summed E-state index contributed by atoms with van der Waals surface area (Å²) >= 11 is 2.49. The minimum atomic E-state index is 0.949. The molecule has 0 atom stereocenters. The Hall–Kier alpha value is -1.57. The summed E-state index contributed by atoms with van der Waals surface area (Å²) in [4.78, 5) is 0. The van der Waals surface area contributed by atoms with Crippen molar-refractivity contribution in [3.05, 3.63) is 60.7 Å². The molecule has 0 saturated heterocycles. The molecule has 0 spiro atoms. The van der Waals surface area contributed by atoms with E-state index in [0.29, 0.717) is 0 Å². The Bertz CT molecular complexity index is 410. The zero-order chi connectivity index (χ0) is 11.2.